The topological polar surface area (TPSA) is 129 Å². The number of hydrogen-bond donors (Lipinski definition) is 1. The highest BCUT2D eigenvalue weighted by Crippen LogP contribution is 2.44. The lowest BCUT2D eigenvalue weighted by Gasteiger charge is -2.19. The number of benzene rings is 2. The number of amides is 1. The van der Waals surface area contributed by atoms with Crippen LogP contribution in [-0.2, 0) is 47.4 Å². The van der Waals surface area contributed by atoms with E-state index in [0.717, 1.165) is 0 Å². The van der Waals surface area contributed by atoms with Gasteiger partial charge >= 0.3 is 12.1 Å². The van der Waals surface area contributed by atoms with Crippen molar-refractivity contribution in [1.29, 1.82) is 0 Å². The van der Waals surface area contributed by atoms with E-state index in [4.69, 9.17) is 42.6 Å². The predicted molar refractivity (Wildman–Crippen MR) is 179 cm³/mol. The molecule has 0 aliphatic heterocycles. The third-order valence-corrected chi connectivity index (χ3v) is 6.95. The predicted octanol–water partition coefficient (Wildman–Crippen LogP) is 4.37. The second kappa shape index (κ2) is 23.3. The van der Waals surface area contributed by atoms with Crippen molar-refractivity contribution in [2.75, 3.05) is 106 Å². The molecule has 0 heterocycles. The van der Waals surface area contributed by atoms with Crippen molar-refractivity contribution in [3.8, 4) is 11.1 Å². The van der Waals surface area contributed by atoms with E-state index in [2.05, 4.69) is 29.6 Å². The van der Waals surface area contributed by atoms with Crippen LogP contribution in [0, 0.1) is 0 Å². The number of fused-ring (bicyclic) bond motifs is 3. The van der Waals surface area contributed by atoms with E-state index >= 15 is 0 Å². The quantitative estimate of drug-likeness (QED) is 0.113. The van der Waals surface area contributed by atoms with Gasteiger partial charge in [-0.1, -0.05) is 48.5 Å². The molecule has 0 unspecified atom stereocenters. The van der Waals surface area contributed by atoms with Crippen LogP contribution in [0.2, 0.25) is 0 Å². The number of ether oxygens (including phenoxy) is 9. The molecular weight excluding hydrogens is 622 g/mol. The Balaban J connectivity index is 1.00. The minimum absolute atomic E-state index is 0.0481. The Kier molecular flexibility index (Phi) is 19.1. The molecule has 0 saturated carbocycles. The maximum atomic E-state index is 12.2. The SMILES string of the molecule is CC(C)(C)OC(=O)COCCOCCOCCOCCOCCOCCOCCCNC(=O)OCC1c2ccccc2-c2ccccc21. The fourth-order valence-electron chi connectivity index (χ4n) is 4.86. The van der Waals surface area contributed by atoms with Crippen LogP contribution < -0.4 is 5.32 Å². The van der Waals surface area contributed by atoms with Gasteiger partial charge in [-0.15, -0.1) is 0 Å². The minimum atomic E-state index is -0.515. The van der Waals surface area contributed by atoms with Crippen LogP contribution >= 0.6 is 0 Å². The molecule has 12 nitrogen and oxygen atoms in total. The average Bonchev–Trinajstić information content (AvgIpc) is 3.38. The van der Waals surface area contributed by atoms with Gasteiger partial charge < -0.3 is 47.9 Å². The van der Waals surface area contributed by atoms with Gasteiger partial charge in [0.1, 0.15) is 18.8 Å². The molecule has 1 N–H and O–H groups in total. The Hall–Kier alpha value is -3.10. The Morgan fingerprint density at radius 1 is 0.604 bits per heavy atom. The summed E-state index contributed by atoms with van der Waals surface area (Å²) in [5.74, 6) is -0.341. The summed E-state index contributed by atoms with van der Waals surface area (Å²) in [5.41, 5.74) is 4.28. The fourth-order valence-corrected chi connectivity index (χ4v) is 4.86. The van der Waals surface area contributed by atoms with E-state index in [-0.39, 0.29) is 18.5 Å². The normalized spacial score (nSPS) is 12.5. The first-order valence-electron chi connectivity index (χ1n) is 16.7. The van der Waals surface area contributed by atoms with E-state index in [9.17, 15) is 9.59 Å². The molecule has 0 atom stereocenters. The molecule has 0 aromatic heterocycles. The summed E-state index contributed by atoms with van der Waals surface area (Å²) in [5, 5.41) is 2.80. The van der Waals surface area contributed by atoms with E-state index in [1.165, 1.54) is 22.3 Å². The van der Waals surface area contributed by atoms with Crippen molar-refractivity contribution < 1.29 is 52.2 Å². The van der Waals surface area contributed by atoms with Crippen molar-refractivity contribution in [2.45, 2.75) is 38.7 Å². The zero-order valence-corrected chi connectivity index (χ0v) is 28.7. The zero-order valence-electron chi connectivity index (χ0n) is 28.7. The Labute approximate surface area is 284 Å². The standard InChI is InChI=1S/C36H53NO11/c1-36(2,3)48-34(38)28-46-26-25-45-24-23-44-22-21-43-20-19-42-18-17-41-16-15-40-14-8-13-37-35(39)47-27-33-31-11-6-4-9-29(31)30-10-5-7-12-32(30)33/h4-7,9-12,33H,8,13-28H2,1-3H3,(H,37,39). The summed E-state index contributed by atoms with van der Waals surface area (Å²) >= 11 is 0. The second-order valence-corrected chi connectivity index (χ2v) is 11.9. The number of esters is 1. The van der Waals surface area contributed by atoms with Gasteiger partial charge in [-0.3, -0.25) is 0 Å². The van der Waals surface area contributed by atoms with Crippen molar-refractivity contribution >= 4 is 12.1 Å². The van der Waals surface area contributed by atoms with Gasteiger partial charge in [0, 0.05) is 19.1 Å². The average molecular weight is 676 g/mol. The molecule has 2 aromatic carbocycles. The number of hydrogen-bond acceptors (Lipinski definition) is 11. The summed E-state index contributed by atoms with van der Waals surface area (Å²) in [6.45, 7) is 12.0. The first-order valence-corrected chi connectivity index (χ1v) is 16.7. The van der Waals surface area contributed by atoms with E-state index in [0.29, 0.717) is 105 Å². The minimum Gasteiger partial charge on any atom is -0.458 e. The largest absolute Gasteiger partial charge is 0.458 e. The number of nitrogens with one attached hydrogen (secondary N) is 1. The summed E-state index contributed by atoms with van der Waals surface area (Å²) in [6, 6.07) is 16.5. The number of carbonyl (C=O) groups is 2. The van der Waals surface area contributed by atoms with Gasteiger partial charge in [-0.25, -0.2) is 9.59 Å². The van der Waals surface area contributed by atoms with Gasteiger partial charge in [-0.05, 0) is 49.4 Å². The Morgan fingerprint density at radius 2 is 1.02 bits per heavy atom. The number of alkyl carbamates (subject to hydrolysis) is 1. The van der Waals surface area contributed by atoms with Gasteiger partial charge in [0.15, 0.2) is 0 Å². The molecule has 0 fully saturated rings. The molecule has 1 amide bonds. The smallest absolute Gasteiger partial charge is 0.407 e. The van der Waals surface area contributed by atoms with Crippen LogP contribution in [0.1, 0.15) is 44.2 Å². The lowest BCUT2D eigenvalue weighted by molar-refractivity contribution is -0.160. The summed E-state index contributed by atoms with van der Waals surface area (Å²) in [7, 11) is 0. The van der Waals surface area contributed by atoms with Crippen molar-refractivity contribution in [2.24, 2.45) is 0 Å². The highest BCUT2D eigenvalue weighted by Gasteiger charge is 2.29. The molecule has 1 aliphatic carbocycles. The highest BCUT2D eigenvalue weighted by atomic mass is 16.6. The van der Waals surface area contributed by atoms with Crippen molar-refractivity contribution in [3.63, 3.8) is 0 Å². The van der Waals surface area contributed by atoms with E-state index in [1.807, 2.05) is 45.0 Å². The number of carbonyl (C=O) groups excluding carboxylic acids is 2. The van der Waals surface area contributed by atoms with Crippen molar-refractivity contribution in [1.82, 2.24) is 5.32 Å². The van der Waals surface area contributed by atoms with Crippen LogP contribution in [0.25, 0.3) is 11.1 Å². The monoisotopic (exact) mass is 675 g/mol. The van der Waals surface area contributed by atoms with Gasteiger partial charge in [-0.2, -0.15) is 0 Å². The fraction of sp³-hybridized carbons (Fsp3) is 0.611. The zero-order chi connectivity index (χ0) is 34.3. The Bertz CT molecular complexity index is 1140. The van der Waals surface area contributed by atoms with Crippen LogP contribution in [0.5, 0.6) is 0 Å². The third kappa shape index (κ3) is 16.3. The maximum absolute atomic E-state index is 12.2. The Morgan fingerprint density at radius 3 is 1.48 bits per heavy atom. The highest BCUT2D eigenvalue weighted by molar-refractivity contribution is 5.79. The number of rotatable bonds is 26. The lowest BCUT2D eigenvalue weighted by atomic mass is 9.98. The summed E-state index contributed by atoms with van der Waals surface area (Å²) in [4.78, 5) is 23.8. The molecule has 0 radical (unpaired) electrons. The van der Waals surface area contributed by atoms with E-state index < -0.39 is 11.7 Å². The maximum Gasteiger partial charge on any atom is 0.407 e. The van der Waals surface area contributed by atoms with Gasteiger partial charge in [0.25, 0.3) is 0 Å². The van der Waals surface area contributed by atoms with Crippen LogP contribution in [0.15, 0.2) is 48.5 Å². The molecule has 12 heteroatoms. The molecule has 1 aliphatic rings. The lowest BCUT2D eigenvalue weighted by Crippen LogP contribution is -2.27. The van der Waals surface area contributed by atoms with Gasteiger partial charge in [0.2, 0.25) is 0 Å². The molecular formula is C36H53NO11. The van der Waals surface area contributed by atoms with Crippen molar-refractivity contribution in [3.05, 3.63) is 59.7 Å². The van der Waals surface area contributed by atoms with Gasteiger partial charge in [0.05, 0.1) is 79.3 Å². The second-order valence-electron chi connectivity index (χ2n) is 11.9. The molecule has 2 aromatic rings. The first-order chi connectivity index (χ1) is 23.3. The molecule has 268 valence electrons. The first kappa shape index (κ1) is 39.3. The van der Waals surface area contributed by atoms with Crippen LogP contribution in [0.4, 0.5) is 4.79 Å². The molecule has 0 saturated heterocycles. The summed E-state index contributed by atoms with van der Waals surface area (Å²) < 4.78 is 48.8. The third-order valence-electron chi connectivity index (χ3n) is 6.95. The molecule has 3 rings (SSSR count). The molecule has 48 heavy (non-hydrogen) atoms. The molecule has 0 spiro atoms. The van der Waals surface area contributed by atoms with Crippen LogP contribution in [0.3, 0.4) is 0 Å². The molecule has 0 bridgehead atoms. The van der Waals surface area contributed by atoms with Crippen LogP contribution in [-0.4, -0.2) is 123 Å². The van der Waals surface area contributed by atoms with E-state index in [1.54, 1.807) is 0 Å². The summed E-state index contributed by atoms with van der Waals surface area (Å²) in [6.07, 6.45) is 0.262.